The van der Waals surface area contributed by atoms with Crippen LogP contribution in [0.4, 0.5) is 10.1 Å². The minimum absolute atomic E-state index is 0.0311. The van der Waals surface area contributed by atoms with Crippen molar-refractivity contribution < 1.29 is 23.9 Å². The zero-order chi connectivity index (χ0) is 28.4. The van der Waals surface area contributed by atoms with Gasteiger partial charge in [-0.3, -0.25) is 19.3 Å². The molecule has 9 heteroatoms. The topological polar surface area (TPSA) is 102 Å². The van der Waals surface area contributed by atoms with Gasteiger partial charge < -0.3 is 15.3 Å². The molecule has 1 aliphatic carbocycles. The summed E-state index contributed by atoms with van der Waals surface area (Å²) in [6.07, 6.45) is 5.10. The van der Waals surface area contributed by atoms with Crippen LogP contribution in [-0.2, 0) is 22.6 Å². The van der Waals surface area contributed by atoms with Crippen molar-refractivity contribution in [3.63, 3.8) is 0 Å². The van der Waals surface area contributed by atoms with Crippen LogP contribution < -0.4 is 10.2 Å². The number of carbonyl (C=O) groups is 3. The van der Waals surface area contributed by atoms with Crippen molar-refractivity contribution in [3.05, 3.63) is 65.0 Å². The number of carboxylic acids is 1. The van der Waals surface area contributed by atoms with Crippen LogP contribution in [0.3, 0.4) is 0 Å². The Morgan fingerprint density at radius 3 is 2.45 bits per heavy atom. The van der Waals surface area contributed by atoms with E-state index in [0.29, 0.717) is 30.8 Å². The van der Waals surface area contributed by atoms with Gasteiger partial charge in [0, 0.05) is 42.2 Å². The number of anilines is 1. The lowest BCUT2D eigenvalue weighted by molar-refractivity contribution is -0.142. The highest BCUT2D eigenvalue weighted by atomic mass is 19.1. The second kappa shape index (κ2) is 11.9. The monoisotopic (exact) mass is 548 g/mol. The molecule has 212 valence electrons. The van der Waals surface area contributed by atoms with E-state index in [0.717, 1.165) is 55.5 Å². The molecule has 0 aromatic heterocycles. The maximum Gasteiger partial charge on any atom is 0.320 e. The number of amidine groups is 1. The number of benzene rings is 2. The van der Waals surface area contributed by atoms with E-state index < -0.39 is 23.7 Å². The van der Waals surface area contributed by atoms with E-state index in [1.165, 1.54) is 24.3 Å². The fourth-order valence-electron chi connectivity index (χ4n) is 6.28. The molecule has 0 unspecified atom stereocenters. The second-order valence-corrected chi connectivity index (χ2v) is 11.5. The van der Waals surface area contributed by atoms with E-state index in [2.05, 4.69) is 27.3 Å². The summed E-state index contributed by atoms with van der Waals surface area (Å²) in [5.41, 5.74) is 3.40. The summed E-state index contributed by atoms with van der Waals surface area (Å²) in [6.45, 7) is 5.22. The van der Waals surface area contributed by atoms with Crippen LogP contribution in [0.2, 0.25) is 0 Å². The van der Waals surface area contributed by atoms with Gasteiger partial charge >= 0.3 is 5.97 Å². The van der Waals surface area contributed by atoms with Gasteiger partial charge in [-0.05, 0) is 100 Å². The Morgan fingerprint density at radius 2 is 1.77 bits per heavy atom. The number of nitrogens with one attached hydrogen (secondary N) is 1. The number of amides is 2. The molecular formula is C31H37FN4O4. The minimum atomic E-state index is -0.785. The van der Waals surface area contributed by atoms with Crippen LogP contribution >= 0.6 is 0 Å². The summed E-state index contributed by atoms with van der Waals surface area (Å²) in [5.74, 6) is -0.895. The number of hydrogen-bond donors (Lipinski definition) is 2. The van der Waals surface area contributed by atoms with Gasteiger partial charge in [0.05, 0.1) is 0 Å². The van der Waals surface area contributed by atoms with E-state index in [1.807, 2.05) is 24.8 Å². The predicted octanol–water partition coefficient (Wildman–Crippen LogP) is 4.56. The summed E-state index contributed by atoms with van der Waals surface area (Å²) in [5, 5.41) is 12.6. The fourth-order valence-corrected chi connectivity index (χ4v) is 6.28. The van der Waals surface area contributed by atoms with E-state index in [4.69, 9.17) is 0 Å². The van der Waals surface area contributed by atoms with Gasteiger partial charge in [-0.15, -0.1) is 0 Å². The Hall–Kier alpha value is -3.59. The van der Waals surface area contributed by atoms with Crippen molar-refractivity contribution >= 4 is 29.3 Å². The lowest BCUT2D eigenvalue weighted by atomic mass is 9.84. The first-order chi connectivity index (χ1) is 19.2. The Labute approximate surface area is 234 Å². The van der Waals surface area contributed by atoms with E-state index in [9.17, 15) is 23.9 Å². The first-order valence-electron chi connectivity index (χ1n) is 14.3. The number of rotatable bonds is 7. The summed E-state index contributed by atoms with van der Waals surface area (Å²) < 4.78 is 13.4. The van der Waals surface area contributed by atoms with E-state index in [1.54, 1.807) is 0 Å². The first-order valence-corrected chi connectivity index (χ1v) is 14.3. The summed E-state index contributed by atoms with van der Waals surface area (Å²) in [6, 6.07) is 11.3. The molecule has 1 atom stereocenters. The van der Waals surface area contributed by atoms with Crippen molar-refractivity contribution in [3.8, 4) is 0 Å². The predicted molar refractivity (Wildman–Crippen MR) is 151 cm³/mol. The van der Waals surface area contributed by atoms with E-state index >= 15 is 0 Å². The number of fused-ring (bicyclic) bond motifs is 1. The first kappa shape index (κ1) is 28.0. The quantitative estimate of drug-likeness (QED) is 0.526. The Balaban J connectivity index is 1.41. The van der Waals surface area contributed by atoms with Gasteiger partial charge in [0.1, 0.15) is 17.7 Å². The molecule has 2 aromatic carbocycles. The third kappa shape index (κ3) is 6.09. The van der Waals surface area contributed by atoms with Crippen molar-refractivity contribution in [1.29, 1.82) is 0 Å². The highest BCUT2D eigenvalue weighted by molar-refractivity contribution is 6.12. The van der Waals surface area contributed by atoms with Crippen LogP contribution in [-0.4, -0.2) is 58.3 Å². The zero-order valence-corrected chi connectivity index (χ0v) is 23.1. The summed E-state index contributed by atoms with van der Waals surface area (Å²) >= 11 is 0. The molecule has 8 nitrogen and oxygen atoms in total. The van der Waals surface area contributed by atoms with Crippen LogP contribution in [0.15, 0.2) is 47.5 Å². The van der Waals surface area contributed by atoms with Crippen molar-refractivity contribution in [2.24, 2.45) is 10.9 Å². The van der Waals surface area contributed by atoms with Gasteiger partial charge in [0.2, 0.25) is 5.91 Å². The zero-order valence-electron chi connectivity index (χ0n) is 23.1. The second-order valence-electron chi connectivity index (χ2n) is 11.5. The smallest absolute Gasteiger partial charge is 0.320 e. The van der Waals surface area contributed by atoms with Gasteiger partial charge in [0.25, 0.3) is 5.91 Å². The number of carbonyl (C=O) groups excluding carboxylic acids is 2. The number of halogens is 1. The molecule has 2 aliphatic heterocycles. The normalized spacial score (nSPS) is 23.9. The van der Waals surface area contributed by atoms with Crippen molar-refractivity contribution in [1.82, 2.24) is 10.2 Å². The average Bonchev–Trinajstić information content (AvgIpc) is 3.53. The van der Waals surface area contributed by atoms with Crippen molar-refractivity contribution in [2.75, 3.05) is 11.4 Å². The molecule has 0 spiro atoms. The van der Waals surface area contributed by atoms with Crippen LogP contribution in [0.5, 0.6) is 0 Å². The largest absolute Gasteiger partial charge is 0.480 e. The van der Waals surface area contributed by atoms with Crippen molar-refractivity contribution in [2.45, 2.75) is 83.5 Å². The highest BCUT2D eigenvalue weighted by Crippen LogP contribution is 2.38. The molecule has 1 saturated carbocycles. The maximum absolute atomic E-state index is 13.4. The van der Waals surface area contributed by atoms with Gasteiger partial charge in [-0.2, -0.15) is 4.99 Å². The SMILES string of the molecule is CC(C)NC(=O)C1CCC(N2C(=NC(=O)c3ccc(F)cc3)Cc3ccc(CN4CCC[C@@H]4C(=O)O)cc32)CC1. The van der Waals surface area contributed by atoms with Gasteiger partial charge in [0.15, 0.2) is 0 Å². The fraction of sp³-hybridized carbons (Fsp3) is 0.484. The minimum Gasteiger partial charge on any atom is -0.480 e. The highest BCUT2D eigenvalue weighted by Gasteiger charge is 2.37. The average molecular weight is 549 g/mol. The number of carboxylic acid groups (broad SMARTS) is 1. The Bertz CT molecular complexity index is 1300. The molecule has 3 aliphatic rings. The third-order valence-corrected chi connectivity index (χ3v) is 8.26. The Morgan fingerprint density at radius 1 is 1.05 bits per heavy atom. The summed E-state index contributed by atoms with van der Waals surface area (Å²) in [4.78, 5) is 46.1. The molecule has 2 N–H and O–H groups in total. The third-order valence-electron chi connectivity index (χ3n) is 8.26. The molecule has 2 amide bonds. The van der Waals surface area contributed by atoms with Crippen LogP contribution in [0.25, 0.3) is 0 Å². The van der Waals surface area contributed by atoms with Crippen LogP contribution in [0, 0.1) is 11.7 Å². The molecular weight excluding hydrogens is 511 g/mol. The van der Waals surface area contributed by atoms with Gasteiger partial charge in [-0.25, -0.2) is 4.39 Å². The number of nitrogens with zero attached hydrogens (tertiary/aromatic N) is 3. The summed E-state index contributed by atoms with van der Waals surface area (Å²) in [7, 11) is 0. The molecule has 40 heavy (non-hydrogen) atoms. The Kier molecular flexibility index (Phi) is 8.30. The molecule has 5 rings (SSSR count). The number of hydrogen-bond acceptors (Lipinski definition) is 4. The lowest BCUT2D eigenvalue weighted by Gasteiger charge is -2.36. The lowest BCUT2D eigenvalue weighted by Crippen LogP contribution is -2.44. The maximum atomic E-state index is 13.4. The molecule has 0 bridgehead atoms. The molecule has 2 heterocycles. The molecule has 2 fully saturated rings. The standard InChI is InChI=1S/C31H37FN4O4/c1-19(2)33-29(37)22-9-13-25(14-10-22)36-27-16-20(18-35-15-3-4-26(35)31(39)40)5-6-23(27)17-28(36)34-30(38)21-7-11-24(32)12-8-21/h5-8,11-12,16,19,22,25-26H,3-4,9-10,13-15,17-18H2,1-2H3,(H,33,37)(H,39,40)/t22?,25?,26-/m1/s1. The van der Waals surface area contributed by atoms with Gasteiger partial charge in [-0.1, -0.05) is 12.1 Å². The van der Waals surface area contributed by atoms with Crippen LogP contribution in [0.1, 0.15) is 73.9 Å². The number of likely N-dealkylation sites (tertiary alicyclic amines) is 1. The molecule has 0 radical (unpaired) electrons. The van der Waals surface area contributed by atoms with E-state index in [-0.39, 0.29) is 23.9 Å². The number of aliphatic imine (C=N–C) groups is 1. The molecule has 1 saturated heterocycles. The molecule has 2 aromatic rings. The number of aliphatic carboxylic acids is 1.